The fourth-order valence-corrected chi connectivity index (χ4v) is 2.81. The number of hydrogen-bond donors (Lipinski definition) is 1. The Morgan fingerprint density at radius 1 is 1.42 bits per heavy atom. The van der Waals surface area contributed by atoms with Gasteiger partial charge in [0, 0.05) is 5.70 Å². The van der Waals surface area contributed by atoms with Gasteiger partial charge in [0.25, 0.3) is 0 Å². The van der Waals surface area contributed by atoms with Crippen molar-refractivity contribution in [3.05, 3.63) is 65.6 Å². The summed E-state index contributed by atoms with van der Waals surface area (Å²) in [5.41, 5.74) is 3.45. The lowest BCUT2D eigenvalue weighted by Crippen LogP contribution is -2.29. The largest absolute Gasteiger partial charge is 0.458 e. The topological polar surface area (TPSA) is 69.0 Å². The van der Waals surface area contributed by atoms with Gasteiger partial charge in [-0.25, -0.2) is 9.48 Å². The Balaban J connectivity index is 2.06. The van der Waals surface area contributed by atoms with E-state index in [2.05, 4.69) is 41.0 Å². The number of aromatic nitrogens is 3. The number of nitrogens with one attached hydrogen (secondary N) is 1. The number of carbonyl (C=O) groups excluding carboxylic acids is 1. The zero-order valence-electron chi connectivity index (χ0n) is 13.8. The van der Waals surface area contributed by atoms with Gasteiger partial charge in [-0.1, -0.05) is 43.8 Å². The Morgan fingerprint density at radius 3 is 2.83 bits per heavy atom. The monoisotopic (exact) mass is 324 g/mol. The zero-order valence-corrected chi connectivity index (χ0v) is 13.8. The van der Waals surface area contributed by atoms with Gasteiger partial charge in [0.05, 0.1) is 5.57 Å². The number of hydrogen-bond acceptors (Lipinski definition) is 5. The van der Waals surface area contributed by atoms with Gasteiger partial charge in [0.15, 0.2) is 0 Å². The van der Waals surface area contributed by atoms with E-state index in [4.69, 9.17) is 4.74 Å². The molecule has 6 heteroatoms. The van der Waals surface area contributed by atoms with Crippen molar-refractivity contribution in [2.45, 2.75) is 26.3 Å². The predicted molar refractivity (Wildman–Crippen MR) is 91.5 cm³/mol. The van der Waals surface area contributed by atoms with E-state index in [-0.39, 0.29) is 18.6 Å². The molecule has 1 aliphatic heterocycles. The lowest BCUT2D eigenvalue weighted by molar-refractivity contribution is -0.138. The summed E-state index contributed by atoms with van der Waals surface area (Å²) in [5.74, 6) is 0.225. The minimum Gasteiger partial charge on any atom is -0.458 e. The van der Waals surface area contributed by atoms with E-state index >= 15 is 0 Å². The lowest BCUT2D eigenvalue weighted by atomic mass is 9.95. The number of ether oxygens (including phenoxy) is 1. The van der Waals surface area contributed by atoms with Crippen molar-refractivity contribution >= 4 is 11.9 Å². The molecule has 1 unspecified atom stereocenters. The third-order valence-electron chi connectivity index (χ3n) is 4.05. The van der Waals surface area contributed by atoms with Crippen LogP contribution in [0.25, 0.3) is 0 Å². The van der Waals surface area contributed by atoms with Crippen LogP contribution in [0, 0.1) is 0 Å². The van der Waals surface area contributed by atoms with Gasteiger partial charge < -0.3 is 10.1 Å². The molecule has 0 bridgehead atoms. The molecule has 0 saturated heterocycles. The lowest BCUT2D eigenvalue weighted by Gasteiger charge is -2.28. The van der Waals surface area contributed by atoms with Gasteiger partial charge in [-0.15, -0.1) is 0 Å². The quantitative estimate of drug-likeness (QED) is 0.676. The summed E-state index contributed by atoms with van der Waals surface area (Å²) in [7, 11) is 0. The number of rotatable bonds is 5. The summed E-state index contributed by atoms with van der Waals surface area (Å²) in [6.07, 6.45) is 3.99. The molecule has 0 amide bonds. The van der Waals surface area contributed by atoms with Crippen LogP contribution < -0.4 is 5.32 Å². The standard InChI is InChI=1S/C18H20N4O2/c1-4-10-24-17(23)15-12(3)21-18-19-11-20-22(18)16(15)14-8-6-13(5-2)7-9-14/h4,6-9,11,16H,1,5,10H2,2-3H3,(H,19,20,21). The molecule has 2 aromatic rings. The van der Waals surface area contributed by atoms with Crippen molar-refractivity contribution in [2.75, 3.05) is 11.9 Å². The number of esters is 1. The molecule has 0 radical (unpaired) electrons. The van der Waals surface area contributed by atoms with E-state index in [1.165, 1.54) is 11.9 Å². The third-order valence-corrected chi connectivity index (χ3v) is 4.05. The zero-order chi connectivity index (χ0) is 17.1. The molecule has 1 aromatic carbocycles. The Labute approximate surface area is 140 Å². The third kappa shape index (κ3) is 2.82. The molecule has 1 aliphatic rings. The van der Waals surface area contributed by atoms with E-state index < -0.39 is 0 Å². The first-order valence-electron chi connectivity index (χ1n) is 7.89. The van der Waals surface area contributed by atoms with Crippen LogP contribution in [0.4, 0.5) is 5.95 Å². The van der Waals surface area contributed by atoms with E-state index in [9.17, 15) is 4.79 Å². The first-order valence-corrected chi connectivity index (χ1v) is 7.89. The number of aryl methyl sites for hydroxylation is 1. The Kier molecular flexibility index (Phi) is 4.46. The maximum absolute atomic E-state index is 12.6. The van der Waals surface area contributed by atoms with Gasteiger partial charge in [0.1, 0.15) is 19.0 Å². The minimum atomic E-state index is -0.384. The fourth-order valence-electron chi connectivity index (χ4n) is 2.81. The average molecular weight is 324 g/mol. The Bertz CT molecular complexity index is 790. The average Bonchev–Trinajstić information content (AvgIpc) is 3.06. The molecule has 3 rings (SSSR count). The molecular weight excluding hydrogens is 304 g/mol. The number of carbonyl (C=O) groups is 1. The second kappa shape index (κ2) is 6.70. The first-order chi connectivity index (χ1) is 11.7. The highest BCUT2D eigenvalue weighted by Gasteiger charge is 2.34. The molecule has 0 aliphatic carbocycles. The maximum atomic E-state index is 12.6. The van der Waals surface area contributed by atoms with Crippen LogP contribution in [0.2, 0.25) is 0 Å². The molecule has 6 nitrogen and oxygen atoms in total. The summed E-state index contributed by atoms with van der Waals surface area (Å²) in [6, 6.07) is 7.81. The Morgan fingerprint density at radius 2 is 2.17 bits per heavy atom. The number of anilines is 1. The highest BCUT2D eigenvalue weighted by Crippen LogP contribution is 2.35. The van der Waals surface area contributed by atoms with Crippen LogP contribution in [-0.2, 0) is 16.0 Å². The van der Waals surface area contributed by atoms with Gasteiger partial charge in [0.2, 0.25) is 5.95 Å². The summed E-state index contributed by atoms with van der Waals surface area (Å²) < 4.78 is 6.98. The summed E-state index contributed by atoms with van der Waals surface area (Å²) in [6.45, 7) is 7.70. The first kappa shape index (κ1) is 16.0. The van der Waals surface area contributed by atoms with E-state index in [1.807, 2.05) is 19.1 Å². The molecule has 1 atom stereocenters. The molecule has 24 heavy (non-hydrogen) atoms. The number of nitrogens with zero attached hydrogens (tertiary/aromatic N) is 3. The number of benzene rings is 1. The van der Waals surface area contributed by atoms with E-state index in [0.717, 1.165) is 12.0 Å². The van der Waals surface area contributed by atoms with Crippen LogP contribution in [0.5, 0.6) is 0 Å². The fraction of sp³-hybridized carbons (Fsp3) is 0.278. The van der Waals surface area contributed by atoms with Crippen molar-refractivity contribution in [1.82, 2.24) is 14.8 Å². The second-order valence-corrected chi connectivity index (χ2v) is 5.58. The van der Waals surface area contributed by atoms with Crippen LogP contribution >= 0.6 is 0 Å². The predicted octanol–water partition coefficient (Wildman–Crippen LogP) is 2.86. The normalized spacial score (nSPS) is 16.3. The van der Waals surface area contributed by atoms with Crippen molar-refractivity contribution < 1.29 is 9.53 Å². The van der Waals surface area contributed by atoms with E-state index in [1.54, 1.807) is 10.8 Å². The van der Waals surface area contributed by atoms with Crippen LogP contribution in [-0.4, -0.2) is 27.3 Å². The summed E-state index contributed by atoms with van der Waals surface area (Å²) in [5, 5.41) is 7.40. The highest BCUT2D eigenvalue weighted by atomic mass is 16.5. The maximum Gasteiger partial charge on any atom is 0.338 e. The number of fused-ring (bicyclic) bond motifs is 1. The van der Waals surface area contributed by atoms with Crippen molar-refractivity contribution in [3.63, 3.8) is 0 Å². The van der Waals surface area contributed by atoms with Crippen molar-refractivity contribution in [3.8, 4) is 0 Å². The van der Waals surface area contributed by atoms with Crippen LogP contribution in [0.1, 0.15) is 31.0 Å². The van der Waals surface area contributed by atoms with Gasteiger partial charge in [-0.05, 0) is 24.5 Å². The SMILES string of the molecule is C=CCOC(=O)C1=C(C)Nc2ncnn2C1c1ccc(CC)cc1. The van der Waals surface area contributed by atoms with Crippen LogP contribution in [0.15, 0.2) is 54.5 Å². The number of allylic oxidation sites excluding steroid dienone is 1. The molecule has 1 N–H and O–H groups in total. The highest BCUT2D eigenvalue weighted by molar-refractivity contribution is 5.92. The second-order valence-electron chi connectivity index (χ2n) is 5.58. The van der Waals surface area contributed by atoms with Crippen LogP contribution in [0.3, 0.4) is 0 Å². The molecule has 0 spiro atoms. The smallest absolute Gasteiger partial charge is 0.338 e. The van der Waals surface area contributed by atoms with Gasteiger partial charge in [-0.3, -0.25) is 0 Å². The molecular formula is C18H20N4O2. The van der Waals surface area contributed by atoms with Crippen molar-refractivity contribution in [2.24, 2.45) is 0 Å². The molecule has 2 heterocycles. The summed E-state index contributed by atoms with van der Waals surface area (Å²) in [4.78, 5) is 16.8. The van der Waals surface area contributed by atoms with Crippen molar-refractivity contribution in [1.29, 1.82) is 0 Å². The molecule has 0 saturated carbocycles. The van der Waals surface area contributed by atoms with Gasteiger partial charge in [-0.2, -0.15) is 10.1 Å². The van der Waals surface area contributed by atoms with E-state index in [0.29, 0.717) is 17.2 Å². The molecule has 0 fully saturated rings. The molecule has 124 valence electrons. The Hall–Kier alpha value is -2.89. The van der Waals surface area contributed by atoms with Gasteiger partial charge >= 0.3 is 5.97 Å². The molecule has 1 aromatic heterocycles. The summed E-state index contributed by atoms with van der Waals surface area (Å²) >= 11 is 0. The minimum absolute atomic E-state index is 0.168.